The lowest BCUT2D eigenvalue weighted by atomic mass is 10.0. The summed E-state index contributed by atoms with van der Waals surface area (Å²) in [7, 11) is 4.68. The zero-order valence-electron chi connectivity index (χ0n) is 19.2. The highest BCUT2D eigenvalue weighted by molar-refractivity contribution is 7.10. The van der Waals surface area contributed by atoms with Crippen LogP contribution in [0.3, 0.4) is 0 Å². The van der Waals surface area contributed by atoms with Crippen LogP contribution in [0.25, 0.3) is 6.08 Å². The predicted octanol–water partition coefficient (Wildman–Crippen LogP) is 2.50. The van der Waals surface area contributed by atoms with Gasteiger partial charge in [-0.2, -0.15) is 0 Å². The van der Waals surface area contributed by atoms with Crippen molar-refractivity contribution < 1.29 is 23.7 Å². The van der Waals surface area contributed by atoms with Gasteiger partial charge in [-0.15, -0.1) is 11.3 Å². The average Bonchev–Trinajstić information content (AvgIpc) is 3.47. The molecule has 1 aromatic carbocycles. The molecule has 8 nitrogen and oxygen atoms in total. The first-order valence-electron chi connectivity index (χ1n) is 10.4. The molecule has 34 heavy (non-hydrogen) atoms. The van der Waals surface area contributed by atoms with Crippen LogP contribution >= 0.6 is 22.7 Å². The summed E-state index contributed by atoms with van der Waals surface area (Å²) in [4.78, 5) is 32.6. The normalized spacial score (nSPS) is 15.6. The van der Waals surface area contributed by atoms with Crippen molar-refractivity contribution in [1.29, 1.82) is 0 Å². The van der Waals surface area contributed by atoms with E-state index < -0.39 is 12.0 Å². The summed E-state index contributed by atoms with van der Waals surface area (Å²) in [5, 5.41) is 1.91. The Hall–Kier alpha value is -3.21. The molecule has 0 saturated heterocycles. The molecule has 0 unspecified atom stereocenters. The van der Waals surface area contributed by atoms with Gasteiger partial charge in [0.05, 0.1) is 36.6 Å². The van der Waals surface area contributed by atoms with E-state index in [-0.39, 0.29) is 18.8 Å². The van der Waals surface area contributed by atoms with Crippen molar-refractivity contribution in [2.45, 2.75) is 13.0 Å². The summed E-state index contributed by atoms with van der Waals surface area (Å²) in [6.45, 7) is 2.16. The molecule has 1 aliphatic rings. The van der Waals surface area contributed by atoms with Crippen molar-refractivity contribution in [3.63, 3.8) is 0 Å². The third-order valence-corrected chi connectivity index (χ3v) is 7.21. The molecule has 0 bridgehead atoms. The quantitative estimate of drug-likeness (QED) is 0.349. The van der Waals surface area contributed by atoms with E-state index in [1.807, 2.05) is 23.6 Å². The molecule has 1 aliphatic heterocycles. The zero-order valence-corrected chi connectivity index (χ0v) is 20.8. The summed E-state index contributed by atoms with van der Waals surface area (Å²) in [6.07, 6.45) is 1.77. The van der Waals surface area contributed by atoms with Gasteiger partial charge in [-0.25, -0.2) is 9.79 Å². The first kappa shape index (κ1) is 23.9. The molecule has 0 saturated carbocycles. The zero-order chi connectivity index (χ0) is 24.2. The molecule has 10 heteroatoms. The summed E-state index contributed by atoms with van der Waals surface area (Å²) < 4.78 is 23.2. The third-order valence-electron chi connectivity index (χ3n) is 5.30. The number of hydrogen-bond donors (Lipinski definition) is 0. The molecule has 0 aliphatic carbocycles. The van der Waals surface area contributed by atoms with Gasteiger partial charge in [0.2, 0.25) is 0 Å². The monoisotopic (exact) mass is 500 g/mol. The molecule has 0 fully saturated rings. The fourth-order valence-corrected chi connectivity index (χ4v) is 5.53. The smallest absolute Gasteiger partial charge is 0.338 e. The summed E-state index contributed by atoms with van der Waals surface area (Å²) in [5.41, 5.74) is 1.36. The molecule has 0 amide bonds. The number of carbonyl (C=O) groups is 1. The molecule has 0 N–H and O–H groups in total. The van der Waals surface area contributed by atoms with Gasteiger partial charge in [0.1, 0.15) is 24.1 Å². The van der Waals surface area contributed by atoms with E-state index >= 15 is 0 Å². The highest BCUT2D eigenvalue weighted by atomic mass is 32.1. The number of nitrogens with zero attached hydrogens (tertiary/aromatic N) is 2. The Kier molecular flexibility index (Phi) is 7.30. The lowest BCUT2D eigenvalue weighted by Gasteiger charge is -2.23. The van der Waals surface area contributed by atoms with Crippen LogP contribution in [0.2, 0.25) is 0 Å². The van der Waals surface area contributed by atoms with Crippen LogP contribution in [0.1, 0.15) is 23.4 Å². The summed E-state index contributed by atoms with van der Waals surface area (Å²) >= 11 is 2.73. The van der Waals surface area contributed by atoms with Gasteiger partial charge in [0.25, 0.3) is 5.56 Å². The molecule has 3 heterocycles. The van der Waals surface area contributed by atoms with Gasteiger partial charge in [0, 0.05) is 23.6 Å². The van der Waals surface area contributed by atoms with E-state index in [2.05, 4.69) is 4.99 Å². The first-order valence-corrected chi connectivity index (χ1v) is 12.1. The number of carbonyl (C=O) groups excluding carboxylic acids is 1. The van der Waals surface area contributed by atoms with Crippen molar-refractivity contribution >= 4 is 34.7 Å². The Morgan fingerprint density at radius 2 is 2.00 bits per heavy atom. The number of esters is 1. The SMILES string of the molecule is COCCOC(=O)C1=C(C)N=c2s/c(=C/c3ccc(OC)cc3OC)c(=O)n2[C@H]1c1cccs1. The summed E-state index contributed by atoms with van der Waals surface area (Å²) in [6, 6.07) is 8.57. The molecule has 178 valence electrons. The molecule has 4 rings (SSSR count). The van der Waals surface area contributed by atoms with Crippen LogP contribution in [-0.4, -0.2) is 45.1 Å². The number of thiazole rings is 1. The molecule has 1 atom stereocenters. The van der Waals surface area contributed by atoms with E-state index in [0.717, 1.165) is 10.4 Å². The Bertz CT molecular complexity index is 1400. The van der Waals surface area contributed by atoms with Gasteiger partial charge in [-0.3, -0.25) is 9.36 Å². The molecular formula is C24H24N2O6S2. The van der Waals surface area contributed by atoms with Crippen LogP contribution in [-0.2, 0) is 14.3 Å². The Morgan fingerprint density at radius 1 is 1.18 bits per heavy atom. The number of allylic oxidation sites excluding steroid dienone is 1. The number of methoxy groups -OCH3 is 3. The van der Waals surface area contributed by atoms with Gasteiger partial charge in [-0.05, 0) is 36.6 Å². The number of thiophene rings is 1. The minimum Gasteiger partial charge on any atom is -0.497 e. The van der Waals surface area contributed by atoms with Crippen LogP contribution in [0.4, 0.5) is 0 Å². The third kappa shape index (κ3) is 4.56. The minimum atomic E-state index is -0.619. The van der Waals surface area contributed by atoms with E-state index in [0.29, 0.717) is 32.1 Å². The number of aromatic nitrogens is 1. The molecule has 0 spiro atoms. The Balaban J connectivity index is 1.85. The number of hydrogen-bond acceptors (Lipinski definition) is 9. The second kappa shape index (κ2) is 10.4. The van der Waals surface area contributed by atoms with Crippen LogP contribution in [0, 0.1) is 0 Å². The largest absolute Gasteiger partial charge is 0.497 e. The summed E-state index contributed by atoms with van der Waals surface area (Å²) in [5.74, 6) is 0.724. The van der Waals surface area contributed by atoms with Crippen molar-refractivity contribution in [2.75, 3.05) is 34.5 Å². The molecule has 3 aromatic rings. The van der Waals surface area contributed by atoms with Gasteiger partial charge in [0.15, 0.2) is 4.80 Å². The molecular weight excluding hydrogens is 476 g/mol. The highest BCUT2D eigenvalue weighted by Gasteiger charge is 2.34. The van der Waals surface area contributed by atoms with Crippen molar-refractivity contribution in [3.8, 4) is 11.5 Å². The maximum atomic E-state index is 13.6. The lowest BCUT2D eigenvalue weighted by Crippen LogP contribution is -2.39. The van der Waals surface area contributed by atoms with Crippen molar-refractivity contribution in [3.05, 3.63) is 77.1 Å². The standard InChI is InChI=1S/C24H24N2O6S2/c1-14-20(23(28)32-10-9-29-2)21(18-6-5-11-33-18)26-22(27)19(34-24(26)25-14)12-15-7-8-16(30-3)13-17(15)31-4/h5-8,11-13,21H,9-10H2,1-4H3/b19-12+/t21-/m0/s1. The van der Waals surface area contributed by atoms with Crippen LogP contribution in [0.15, 0.2) is 56.8 Å². The van der Waals surface area contributed by atoms with E-state index in [4.69, 9.17) is 18.9 Å². The number of fused-ring (bicyclic) bond motifs is 1. The van der Waals surface area contributed by atoms with Gasteiger partial charge < -0.3 is 18.9 Å². The number of ether oxygens (including phenoxy) is 4. The lowest BCUT2D eigenvalue weighted by molar-refractivity contribution is -0.140. The minimum absolute atomic E-state index is 0.116. The van der Waals surface area contributed by atoms with Crippen molar-refractivity contribution in [1.82, 2.24) is 4.57 Å². The topological polar surface area (TPSA) is 88.4 Å². The second-order valence-corrected chi connectivity index (χ2v) is 9.32. The van der Waals surface area contributed by atoms with E-state index in [1.165, 1.54) is 29.8 Å². The van der Waals surface area contributed by atoms with Crippen LogP contribution in [0.5, 0.6) is 11.5 Å². The fraction of sp³-hybridized carbons (Fsp3) is 0.292. The number of rotatable bonds is 8. The maximum absolute atomic E-state index is 13.6. The Morgan fingerprint density at radius 3 is 2.68 bits per heavy atom. The molecule has 2 aromatic heterocycles. The van der Waals surface area contributed by atoms with Gasteiger partial charge >= 0.3 is 5.97 Å². The Labute approximate surface area is 204 Å². The van der Waals surface area contributed by atoms with Crippen LogP contribution < -0.4 is 24.4 Å². The van der Waals surface area contributed by atoms with Crippen molar-refractivity contribution in [2.24, 2.45) is 4.99 Å². The van der Waals surface area contributed by atoms with Gasteiger partial charge in [-0.1, -0.05) is 17.4 Å². The maximum Gasteiger partial charge on any atom is 0.338 e. The molecule has 0 radical (unpaired) electrons. The fourth-order valence-electron chi connectivity index (χ4n) is 3.67. The van der Waals surface area contributed by atoms with E-state index in [9.17, 15) is 9.59 Å². The second-order valence-electron chi connectivity index (χ2n) is 7.33. The highest BCUT2D eigenvalue weighted by Crippen LogP contribution is 2.33. The average molecular weight is 501 g/mol. The number of benzene rings is 1. The predicted molar refractivity (Wildman–Crippen MR) is 130 cm³/mol. The van der Waals surface area contributed by atoms with E-state index in [1.54, 1.807) is 43.9 Å². The first-order chi connectivity index (χ1) is 16.5.